The highest BCUT2D eigenvalue weighted by Gasteiger charge is 2.48. The Bertz CT molecular complexity index is 1280. The molecule has 0 saturated carbocycles. The van der Waals surface area contributed by atoms with E-state index in [0.29, 0.717) is 11.5 Å². The quantitative estimate of drug-likeness (QED) is 0.211. The minimum Gasteiger partial charge on any atom is -0.507 e. The first-order valence-corrected chi connectivity index (χ1v) is 9.45. The molecule has 0 bridgehead atoms. The van der Waals surface area contributed by atoms with E-state index in [9.17, 15) is 24.8 Å². The van der Waals surface area contributed by atoms with Crippen LogP contribution in [-0.2, 0) is 9.59 Å². The molecular formula is C22H17N3O7. The van der Waals surface area contributed by atoms with E-state index in [-0.39, 0.29) is 28.2 Å². The molecule has 32 heavy (non-hydrogen) atoms. The van der Waals surface area contributed by atoms with Gasteiger partial charge in [-0.05, 0) is 24.6 Å². The minimum atomic E-state index is -1.16. The Hall–Kier alpha value is -4.47. The van der Waals surface area contributed by atoms with Gasteiger partial charge < -0.3 is 14.4 Å². The number of hydrogen-bond acceptors (Lipinski definition) is 8. The Kier molecular flexibility index (Phi) is 5.19. The number of nitro benzene ring substituents is 1. The number of aromatic nitrogens is 1. The van der Waals surface area contributed by atoms with Crippen molar-refractivity contribution in [1.29, 1.82) is 0 Å². The van der Waals surface area contributed by atoms with Gasteiger partial charge in [-0.3, -0.25) is 24.6 Å². The minimum absolute atomic E-state index is 0.0470. The number of ketones is 1. The maximum Gasteiger partial charge on any atom is 0.301 e. The van der Waals surface area contributed by atoms with Gasteiger partial charge in [0.1, 0.15) is 17.3 Å². The fourth-order valence-corrected chi connectivity index (χ4v) is 3.59. The zero-order valence-corrected chi connectivity index (χ0v) is 17.0. The third-order valence-corrected chi connectivity index (χ3v) is 5.05. The molecule has 2 heterocycles. The Morgan fingerprint density at radius 3 is 2.59 bits per heavy atom. The number of nitro groups is 1. The highest BCUT2D eigenvalue weighted by atomic mass is 16.6. The van der Waals surface area contributed by atoms with E-state index in [1.807, 2.05) is 0 Å². The lowest BCUT2D eigenvalue weighted by Crippen LogP contribution is -2.29. The van der Waals surface area contributed by atoms with Crippen molar-refractivity contribution in [3.63, 3.8) is 0 Å². The molecule has 0 radical (unpaired) electrons. The number of benzene rings is 2. The molecule has 2 aromatic carbocycles. The number of Topliss-reactive ketones (excluding diaryl/α,β-unsaturated/α-hetero) is 1. The monoisotopic (exact) mass is 435 g/mol. The molecule has 0 spiro atoms. The standard InChI is InChI=1S/C22H17N3O7/c1-12-9-17(23-32-12)24-19(13-5-3-7-15(10-13)25(29)30)18(21(27)22(24)28)20(26)14-6-4-8-16(11-14)31-2/h3-11,19,26H,1-2H3/t19-/m0/s1. The fraction of sp³-hybridized carbons (Fsp3) is 0.136. The van der Waals surface area contributed by atoms with Crippen LogP contribution in [0.15, 0.2) is 64.7 Å². The highest BCUT2D eigenvalue weighted by Crippen LogP contribution is 2.42. The number of carbonyl (C=O) groups excluding carboxylic acids is 2. The second kappa shape index (κ2) is 7.99. The number of aliphatic hydroxyl groups is 1. The molecule has 1 aliphatic heterocycles. The molecule has 10 heteroatoms. The summed E-state index contributed by atoms with van der Waals surface area (Å²) in [5, 5.41) is 26.2. The van der Waals surface area contributed by atoms with Crippen LogP contribution >= 0.6 is 0 Å². The molecule has 1 aromatic heterocycles. The lowest BCUT2D eigenvalue weighted by atomic mass is 9.95. The smallest absolute Gasteiger partial charge is 0.301 e. The molecule has 0 unspecified atom stereocenters. The van der Waals surface area contributed by atoms with Gasteiger partial charge in [-0.1, -0.05) is 29.4 Å². The summed E-state index contributed by atoms with van der Waals surface area (Å²) in [6, 6.07) is 12.1. The number of amides is 1. The zero-order valence-electron chi connectivity index (χ0n) is 17.0. The molecule has 162 valence electrons. The third kappa shape index (κ3) is 3.47. The summed E-state index contributed by atoms with van der Waals surface area (Å²) in [6.07, 6.45) is 0. The number of aliphatic hydroxyl groups excluding tert-OH is 1. The SMILES string of the molecule is COc1cccc(C(O)=C2C(=O)C(=O)N(c3cc(C)on3)[C@H]2c2cccc([N+](=O)[O-])c2)c1. The van der Waals surface area contributed by atoms with Crippen LogP contribution < -0.4 is 9.64 Å². The van der Waals surface area contributed by atoms with Crippen LogP contribution in [0.1, 0.15) is 22.9 Å². The van der Waals surface area contributed by atoms with Gasteiger partial charge in [0.2, 0.25) is 0 Å². The molecule has 1 fully saturated rings. The Balaban J connectivity index is 1.96. The van der Waals surface area contributed by atoms with E-state index < -0.39 is 28.4 Å². The topological polar surface area (TPSA) is 136 Å². The van der Waals surface area contributed by atoms with Crippen molar-refractivity contribution in [2.24, 2.45) is 0 Å². The number of methoxy groups -OCH3 is 1. The van der Waals surface area contributed by atoms with Crippen molar-refractivity contribution in [3.05, 3.63) is 87.2 Å². The number of anilines is 1. The number of aryl methyl sites for hydroxylation is 1. The summed E-state index contributed by atoms with van der Waals surface area (Å²) in [4.78, 5) is 37.8. The van der Waals surface area contributed by atoms with Crippen molar-refractivity contribution in [3.8, 4) is 5.75 Å². The summed E-state index contributed by atoms with van der Waals surface area (Å²) < 4.78 is 10.2. The van der Waals surface area contributed by atoms with Crippen molar-refractivity contribution in [2.45, 2.75) is 13.0 Å². The van der Waals surface area contributed by atoms with Crippen molar-refractivity contribution in [1.82, 2.24) is 5.16 Å². The van der Waals surface area contributed by atoms with Gasteiger partial charge in [0, 0.05) is 23.8 Å². The van der Waals surface area contributed by atoms with Gasteiger partial charge in [-0.15, -0.1) is 0 Å². The summed E-state index contributed by atoms with van der Waals surface area (Å²) in [6.45, 7) is 1.62. The van der Waals surface area contributed by atoms with Crippen molar-refractivity contribution in [2.75, 3.05) is 12.0 Å². The summed E-state index contributed by atoms with van der Waals surface area (Å²) in [7, 11) is 1.45. The molecule has 1 saturated heterocycles. The number of ether oxygens (including phenoxy) is 1. The maximum atomic E-state index is 13.0. The predicted molar refractivity (Wildman–Crippen MR) is 112 cm³/mol. The van der Waals surface area contributed by atoms with Crippen LogP contribution in [0.3, 0.4) is 0 Å². The van der Waals surface area contributed by atoms with E-state index >= 15 is 0 Å². The molecule has 1 atom stereocenters. The average molecular weight is 435 g/mol. The van der Waals surface area contributed by atoms with E-state index in [1.54, 1.807) is 25.1 Å². The fourth-order valence-electron chi connectivity index (χ4n) is 3.59. The predicted octanol–water partition coefficient (Wildman–Crippen LogP) is 3.53. The molecule has 1 aliphatic rings. The Labute approximate surface area is 181 Å². The number of rotatable bonds is 5. The van der Waals surface area contributed by atoms with Gasteiger partial charge in [-0.25, -0.2) is 0 Å². The summed E-state index contributed by atoms with van der Waals surface area (Å²) in [5.41, 5.74) is 0.0350. The molecule has 1 N–H and O–H groups in total. The van der Waals surface area contributed by atoms with Crippen molar-refractivity contribution < 1.29 is 28.9 Å². The lowest BCUT2D eigenvalue weighted by Gasteiger charge is -2.22. The van der Waals surface area contributed by atoms with Crippen LogP contribution in [-0.4, -0.2) is 34.0 Å². The molecular weight excluding hydrogens is 418 g/mol. The van der Waals surface area contributed by atoms with E-state index in [1.165, 1.54) is 43.5 Å². The molecule has 1 amide bonds. The normalized spacial score (nSPS) is 17.6. The average Bonchev–Trinajstić information content (AvgIpc) is 3.34. The van der Waals surface area contributed by atoms with Gasteiger partial charge >= 0.3 is 5.91 Å². The number of hydrogen-bond donors (Lipinski definition) is 1. The molecule has 4 rings (SSSR count). The third-order valence-electron chi connectivity index (χ3n) is 5.05. The molecule has 0 aliphatic carbocycles. The molecule has 10 nitrogen and oxygen atoms in total. The van der Waals surface area contributed by atoms with Crippen LogP contribution in [0, 0.1) is 17.0 Å². The second-order valence-electron chi connectivity index (χ2n) is 7.05. The first kappa shape index (κ1) is 20.8. The van der Waals surface area contributed by atoms with Gasteiger partial charge in [0.05, 0.1) is 23.6 Å². The summed E-state index contributed by atoms with van der Waals surface area (Å²) >= 11 is 0. The van der Waals surface area contributed by atoms with Crippen molar-refractivity contribution >= 4 is 29.0 Å². The van der Waals surface area contributed by atoms with E-state index in [4.69, 9.17) is 9.26 Å². The number of non-ortho nitro benzene ring substituents is 1. The van der Waals surface area contributed by atoms with Crippen LogP contribution in [0.2, 0.25) is 0 Å². The van der Waals surface area contributed by atoms with E-state index in [2.05, 4.69) is 5.16 Å². The van der Waals surface area contributed by atoms with Crippen LogP contribution in [0.25, 0.3) is 5.76 Å². The number of nitrogens with zero attached hydrogens (tertiary/aromatic N) is 3. The second-order valence-corrected chi connectivity index (χ2v) is 7.05. The molecule has 3 aromatic rings. The van der Waals surface area contributed by atoms with Crippen LogP contribution in [0.5, 0.6) is 5.75 Å². The largest absolute Gasteiger partial charge is 0.507 e. The van der Waals surface area contributed by atoms with Gasteiger partial charge in [-0.2, -0.15) is 0 Å². The first-order chi connectivity index (χ1) is 15.3. The Morgan fingerprint density at radius 1 is 1.19 bits per heavy atom. The number of carbonyl (C=O) groups is 2. The highest BCUT2D eigenvalue weighted by molar-refractivity contribution is 6.51. The van der Waals surface area contributed by atoms with Crippen LogP contribution in [0.4, 0.5) is 11.5 Å². The van der Waals surface area contributed by atoms with E-state index in [0.717, 1.165) is 4.90 Å². The first-order valence-electron chi connectivity index (χ1n) is 9.45. The maximum absolute atomic E-state index is 13.0. The zero-order chi connectivity index (χ0) is 23.0. The Morgan fingerprint density at radius 2 is 1.94 bits per heavy atom. The lowest BCUT2D eigenvalue weighted by molar-refractivity contribution is -0.384. The van der Waals surface area contributed by atoms with Gasteiger partial charge in [0.25, 0.3) is 11.5 Å². The van der Waals surface area contributed by atoms with Gasteiger partial charge in [0.15, 0.2) is 5.82 Å². The summed E-state index contributed by atoms with van der Waals surface area (Å²) in [5.74, 6) is -1.47.